The zero-order valence-electron chi connectivity index (χ0n) is 9.82. The van der Waals surface area contributed by atoms with E-state index in [2.05, 4.69) is 10.6 Å². The highest BCUT2D eigenvalue weighted by Crippen LogP contribution is 2.25. The maximum absolute atomic E-state index is 11.0. The first kappa shape index (κ1) is 11.6. The van der Waals surface area contributed by atoms with Crippen molar-refractivity contribution < 1.29 is 9.53 Å². The van der Waals surface area contributed by atoms with E-state index in [0.717, 1.165) is 17.9 Å². The Bertz CT molecular complexity index is 410. The average molecular weight is 235 g/mol. The fourth-order valence-corrected chi connectivity index (χ4v) is 1.86. The van der Waals surface area contributed by atoms with Crippen LogP contribution in [0.5, 0.6) is 5.75 Å². The number of nitrogens with one attached hydrogen (secondary N) is 2. The number of amides is 1. The van der Waals surface area contributed by atoms with Crippen molar-refractivity contribution in [3.63, 3.8) is 0 Å². The highest BCUT2D eigenvalue weighted by atomic mass is 16.5. The van der Waals surface area contributed by atoms with Crippen LogP contribution >= 0.6 is 0 Å². The number of nitrogen functional groups attached to an aromatic ring is 1. The number of piperidine rings is 1. The Morgan fingerprint density at radius 1 is 1.53 bits per heavy atom. The molecule has 0 saturated carbocycles. The molecule has 5 nitrogen and oxygen atoms in total. The molecule has 1 atom stereocenters. The predicted octanol–water partition coefficient (Wildman–Crippen LogP) is 0.968. The number of hydrogen-bond acceptors (Lipinski definition) is 4. The number of anilines is 2. The van der Waals surface area contributed by atoms with E-state index in [1.807, 2.05) is 18.2 Å². The van der Waals surface area contributed by atoms with E-state index < -0.39 is 0 Å². The first-order chi connectivity index (χ1) is 8.19. The van der Waals surface area contributed by atoms with Crippen LogP contribution in [0.15, 0.2) is 18.2 Å². The number of carbonyl (C=O) groups is 1. The third-order valence-corrected chi connectivity index (χ3v) is 2.89. The molecule has 4 N–H and O–H groups in total. The summed E-state index contributed by atoms with van der Waals surface area (Å²) in [6.45, 7) is 0.634. The second-order valence-corrected chi connectivity index (χ2v) is 4.14. The maximum Gasteiger partial charge on any atom is 0.220 e. The molecule has 1 fully saturated rings. The molecule has 1 aromatic rings. The van der Waals surface area contributed by atoms with Gasteiger partial charge in [-0.2, -0.15) is 0 Å². The molecule has 0 aromatic heterocycles. The monoisotopic (exact) mass is 235 g/mol. The van der Waals surface area contributed by atoms with E-state index in [0.29, 0.717) is 18.7 Å². The van der Waals surface area contributed by atoms with Crippen molar-refractivity contribution in [1.29, 1.82) is 0 Å². The molecule has 1 aromatic carbocycles. The molecule has 1 aliphatic rings. The van der Waals surface area contributed by atoms with E-state index in [4.69, 9.17) is 10.5 Å². The molecule has 1 aliphatic heterocycles. The molecular weight excluding hydrogens is 218 g/mol. The van der Waals surface area contributed by atoms with Gasteiger partial charge in [-0.25, -0.2) is 0 Å². The molecule has 1 unspecified atom stereocenters. The largest absolute Gasteiger partial charge is 0.497 e. The summed E-state index contributed by atoms with van der Waals surface area (Å²) in [5.74, 6) is 0.878. The Labute approximate surface area is 100 Å². The summed E-state index contributed by atoms with van der Waals surface area (Å²) in [6.07, 6.45) is 1.38. The van der Waals surface area contributed by atoms with Gasteiger partial charge in [0.05, 0.1) is 18.5 Å². The molecule has 1 saturated heterocycles. The highest BCUT2D eigenvalue weighted by molar-refractivity contribution is 5.77. The lowest BCUT2D eigenvalue weighted by Gasteiger charge is -2.25. The predicted molar refractivity (Wildman–Crippen MR) is 67.1 cm³/mol. The number of ether oxygens (including phenoxy) is 1. The number of rotatable bonds is 3. The summed E-state index contributed by atoms with van der Waals surface area (Å²) in [5.41, 5.74) is 7.42. The molecule has 17 heavy (non-hydrogen) atoms. The molecule has 0 bridgehead atoms. The number of nitrogens with two attached hydrogens (primary N) is 1. The van der Waals surface area contributed by atoms with Gasteiger partial charge in [-0.05, 0) is 18.6 Å². The van der Waals surface area contributed by atoms with Crippen LogP contribution in [0.3, 0.4) is 0 Å². The first-order valence-electron chi connectivity index (χ1n) is 5.66. The Morgan fingerprint density at radius 2 is 2.35 bits per heavy atom. The van der Waals surface area contributed by atoms with Crippen LogP contribution in [0.2, 0.25) is 0 Å². The van der Waals surface area contributed by atoms with Gasteiger partial charge in [-0.1, -0.05) is 0 Å². The van der Waals surface area contributed by atoms with E-state index >= 15 is 0 Å². The third-order valence-electron chi connectivity index (χ3n) is 2.89. The lowest BCUT2D eigenvalue weighted by Crippen LogP contribution is -2.41. The van der Waals surface area contributed by atoms with Gasteiger partial charge >= 0.3 is 0 Å². The SMILES string of the molecule is COc1ccc(N)c(NC2CCC(=O)NC2)c1. The molecule has 1 amide bonds. The highest BCUT2D eigenvalue weighted by Gasteiger charge is 2.18. The van der Waals surface area contributed by atoms with Crippen LogP contribution in [0.25, 0.3) is 0 Å². The Kier molecular flexibility index (Phi) is 3.37. The summed E-state index contributed by atoms with van der Waals surface area (Å²) < 4.78 is 5.15. The lowest BCUT2D eigenvalue weighted by molar-refractivity contribution is -0.122. The Morgan fingerprint density at radius 3 is 3.00 bits per heavy atom. The smallest absolute Gasteiger partial charge is 0.220 e. The minimum absolute atomic E-state index is 0.113. The van der Waals surface area contributed by atoms with Crippen LogP contribution in [0.4, 0.5) is 11.4 Å². The molecule has 92 valence electrons. The van der Waals surface area contributed by atoms with Crippen molar-refractivity contribution in [2.24, 2.45) is 0 Å². The fourth-order valence-electron chi connectivity index (χ4n) is 1.86. The molecule has 0 spiro atoms. The zero-order chi connectivity index (χ0) is 12.3. The second kappa shape index (κ2) is 4.95. The minimum Gasteiger partial charge on any atom is -0.497 e. The normalized spacial score (nSPS) is 19.6. The Hall–Kier alpha value is -1.91. The van der Waals surface area contributed by atoms with Gasteiger partial charge in [0, 0.05) is 25.1 Å². The quantitative estimate of drug-likeness (QED) is 0.682. The van der Waals surface area contributed by atoms with E-state index in [9.17, 15) is 4.79 Å². The summed E-state index contributed by atoms with van der Waals surface area (Å²) in [7, 11) is 1.62. The molecule has 2 rings (SSSR count). The van der Waals surface area contributed by atoms with Gasteiger partial charge in [0.25, 0.3) is 0 Å². The minimum atomic E-state index is 0.113. The van der Waals surface area contributed by atoms with Crippen molar-refractivity contribution in [3.8, 4) is 5.75 Å². The fraction of sp³-hybridized carbons (Fsp3) is 0.417. The average Bonchev–Trinajstić information content (AvgIpc) is 2.35. The molecule has 5 heteroatoms. The van der Waals surface area contributed by atoms with Crippen LogP contribution in [0, 0.1) is 0 Å². The van der Waals surface area contributed by atoms with Crippen molar-refractivity contribution >= 4 is 17.3 Å². The van der Waals surface area contributed by atoms with Gasteiger partial charge in [0.2, 0.25) is 5.91 Å². The van der Waals surface area contributed by atoms with Crippen molar-refractivity contribution in [2.45, 2.75) is 18.9 Å². The number of methoxy groups -OCH3 is 1. The third kappa shape index (κ3) is 2.81. The number of benzene rings is 1. The van der Waals surface area contributed by atoms with Crippen LogP contribution in [-0.2, 0) is 4.79 Å². The first-order valence-corrected chi connectivity index (χ1v) is 5.66. The van der Waals surface area contributed by atoms with E-state index in [1.54, 1.807) is 7.11 Å². The summed E-state index contributed by atoms with van der Waals surface area (Å²) in [4.78, 5) is 11.0. The lowest BCUT2D eigenvalue weighted by atomic mass is 10.1. The van der Waals surface area contributed by atoms with Crippen LogP contribution in [-0.4, -0.2) is 25.6 Å². The molecule has 0 radical (unpaired) electrons. The zero-order valence-corrected chi connectivity index (χ0v) is 9.82. The van der Waals surface area contributed by atoms with Gasteiger partial charge < -0.3 is 21.1 Å². The van der Waals surface area contributed by atoms with Crippen molar-refractivity contribution in [1.82, 2.24) is 5.32 Å². The second-order valence-electron chi connectivity index (χ2n) is 4.14. The van der Waals surface area contributed by atoms with Crippen molar-refractivity contribution in [2.75, 3.05) is 24.7 Å². The summed E-state index contributed by atoms with van der Waals surface area (Å²) in [5, 5.41) is 6.15. The number of hydrogen-bond donors (Lipinski definition) is 3. The Balaban J connectivity index is 2.04. The van der Waals surface area contributed by atoms with Gasteiger partial charge in [0.1, 0.15) is 5.75 Å². The summed E-state index contributed by atoms with van der Waals surface area (Å²) >= 11 is 0. The van der Waals surface area contributed by atoms with Crippen molar-refractivity contribution in [3.05, 3.63) is 18.2 Å². The van der Waals surface area contributed by atoms with Crippen LogP contribution in [0.1, 0.15) is 12.8 Å². The maximum atomic E-state index is 11.0. The summed E-state index contributed by atoms with van der Waals surface area (Å²) in [6, 6.07) is 5.72. The topological polar surface area (TPSA) is 76.4 Å². The van der Waals surface area contributed by atoms with Gasteiger partial charge in [0.15, 0.2) is 0 Å². The standard InChI is InChI=1S/C12H17N3O2/c1-17-9-3-4-10(13)11(6-9)15-8-2-5-12(16)14-7-8/h3-4,6,8,15H,2,5,7,13H2,1H3,(H,14,16). The molecule has 0 aliphatic carbocycles. The van der Waals surface area contributed by atoms with Gasteiger partial charge in [-0.3, -0.25) is 4.79 Å². The molecular formula is C12H17N3O2. The van der Waals surface area contributed by atoms with Gasteiger partial charge in [-0.15, -0.1) is 0 Å². The molecule has 1 heterocycles. The van der Waals surface area contributed by atoms with E-state index in [1.165, 1.54) is 0 Å². The van der Waals surface area contributed by atoms with Crippen LogP contribution < -0.4 is 21.1 Å². The number of carbonyl (C=O) groups excluding carboxylic acids is 1. The van der Waals surface area contributed by atoms with E-state index in [-0.39, 0.29) is 11.9 Å².